The van der Waals surface area contributed by atoms with E-state index >= 15 is 0 Å². The number of aromatic nitrogens is 2. The molecule has 1 unspecified atom stereocenters. The van der Waals surface area contributed by atoms with Crippen molar-refractivity contribution in [2.24, 2.45) is 23.3 Å². The van der Waals surface area contributed by atoms with E-state index in [-0.39, 0.29) is 70.2 Å². The van der Waals surface area contributed by atoms with Crippen molar-refractivity contribution < 1.29 is 81.3 Å². The van der Waals surface area contributed by atoms with Gasteiger partial charge in [0, 0.05) is 44.2 Å². The molecule has 2 aromatic heterocycles. The molecule has 502 valence electrons. The summed E-state index contributed by atoms with van der Waals surface area (Å²) in [6.45, 7) is 11.7. The number of nitrogens with zero attached hydrogens (tertiary/aromatic N) is 2. The highest BCUT2D eigenvalue weighted by molar-refractivity contribution is 5.98. The highest BCUT2D eigenvalue weighted by Gasteiger charge is 2.33. The zero-order valence-electron chi connectivity index (χ0n) is 53.1. The number of para-hydroxylation sites is 1. The molecule has 0 saturated carbocycles. The van der Waals surface area contributed by atoms with Gasteiger partial charge in [0.25, 0.3) is 0 Å². The molecule has 14 N–H and O–H groups in total. The van der Waals surface area contributed by atoms with Gasteiger partial charge in [-0.15, -0.1) is 0 Å². The van der Waals surface area contributed by atoms with Gasteiger partial charge in [-0.05, 0) is 75.6 Å². The van der Waals surface area contributed by atoms with Gasteiger partial charge in [-0.25, -0.2) is 4.98 Å². The van der Waals surface area contributed by atoms with Gasteiger partial charge in [0.05, 0.1) is 64.6 Å². The van der Waals surface area contributed by atoms with Gasteiger partial charge in [0.15, 0.2) is 0 Å². The molecule has 0 aliphatic carbocycles. The Bertz CT molecular complexity index is 2980. The van der Waals surface area contributed by atoms with Crippen molar-refractivity contribution in [3.63, 3.8) is 0 Å². The lowest BCUT2D eigenvalue weighted by Gasteiger charge is -2.26. The molecule has 8 atom stereocenters. The predicted molar refractivity (Wildman–Crippen MR) is 329 cm³/mol. The minimum absolute atomic E-state index is 0.0418. The number of pyridine rings is 1. The van der Waals surface area contributed by atoms with Gasteiger partial charge in [-0.3, -0.25) is 66.9 Å². The van der Waals surface area contributed by atoms with Crippen LogP contribution in [0.15, 0.2) is 48.7 Å². The minimum Gasteiger partial charge on any atom is -0.463 e. The monoisotopic (exact) mass is 1280 g/mol. The smallest absolute Gasteiger partial charge is 0.306 e. The number of hydrogen-bond donors (Lipinski definition) is 12. The fourth-order valence-electron chi connectivity index (χ4n) is 8.96. The molecule has 0 aliphatic heterocycles. The lowest BCUT2D eigenvalue weighted by molar-refractivity contribution is -0.145. The zero-order valence-corrected chi connectivity index (χ0v) is 53.1. The topological polar surface area (TPSA) is 449 Å². The number of esters is 1. The number of hydrogen-bond acceptors (Lipinski definition) is 18. The molecule has 0 fully saturated rings. The number of carbonyl (C=O) groups excluding carboxylic acids is 13. The Hall–Kier alpha value is -9.10. The Labute approximate surface area is 528 Å². The molecule has 1 aromatic carbocycles. The zero-order chi connectivity index (χ0) is 67.7. The van der Waals surface area contributed by atoms with Crippen molar-refractivity contribution in [3.05, 3.63) is 59.9 Å². The average molecular weight is 1280 g/mol. The SMILES string of the molecule is CCC(C)[C@H](NC(C)=O)C(=O)N[C@@H](C)C(=O)N[C@@H](CCC(N)=O)C(=O)NCC(=O)N[C@@H](CC(C)C)C(=O)NCC(=O)N[C@@H](C)C(=O)N[C@@H](Cc1c(CCC(=O)OCCOCCOCCOC)n(-c2ccccn2)c2ccccc12)C(=O)NCC(=O)N[C@@H](C)C(N)=O. The van der Waals surface area contributed by atoms with Crippen LogP contribution in [-0.4, -0.2) is 195 Å². The summed E-state index contributed by atoms with van der Waals surface area (Å²) >= 11 is 0. The fraction of sp³-hybridized carbons (Fsp3) is 0.567. The Balaban J connectivity index is 1.78. The highest BCUT2D eigenvalue weighted by atomic mass is 16.6. The van der Waals surface area contributed by atoms with Crippen LogP contribution in [0.4, 0.5) is 0 Å². The van der Waals surface area contributed by atoms with Gasteiger partial charge >= 0.3 is 5.97 Å². The molecular formula is C60H90N14O17. The van der Waals surface area contributed by atoms with Crippen molar-refractivity contribution in [2.75, 3.05) is 66.4 Å². The lowest BCUT2D eigenvalue weighted by atomic mass is 9.98. The summed E-state index contributed by atoms with van der Waals surface area (Å²) in [6.07, 6.45) is 1.17. The van der Waals surface area contributed by atoms with Crippen LogP contribution >= 0.6 is 0 Å². The van der Waals surface area contributed by atoms with Crippen LogP contribution in [0.25, 0.3) is 16.7 Å². The second-order valence-electron chi connectivity index (χ2n) is 21.9. The van der Waals surface area contributed by atoms with E-state index < -0.39 is 139 Å². The molecule has 3 aromatic rings. The van der Waals surface area contributed by atoms with Gasteiger partial charge in [-0.1, -0.05) is 58.4 Å². The molecule has 0 saturated heterocycles. The fourth-order valence-corrected chi connectivity index (χ4v) is 8.96. The molecule has 3 rings (SSSR count). The molecule has 2 heterocycles. The maximum absolute atomic E-state index is 14.2. The third-order valence-corrected chi connectivity index (χ3v) is 14.0. The molecule has 91 heavy (non-hydrogen) atoms. The van der Waals surface area contributed by atoms with E-state index in [2.05, 4.69) is 58.2 Å². The molecular weight excluding hydrogens is 1190 g/mol. The maximum Gasteiger partial charge on any atom is 0.306 e. The molecule has 0 aliphatic rings. The van der Waals surface area contributed by atoms with Crippen LogP contribution in [-0.2, 0) is 94.1 Å². The highest BCUT2D eigenvalue weighted by Crippen LogP contribution is 2.31. The number of carbonyl (C=O) groups is 13. The number of nitrogens with two attached hydrogens (primary N) is 2. The molecule has 31 nitrogen and oxygen atoms in total. The summed E-state index contributed by atoms with van der Waals surface area (Å²) in [5.41, 5.74) is 12.3. The van der Waals surface area contributed by atoms with Crippen LogP contribution in [0.2, 0.25) is 0 Å². The van der Waals surface area contributed by atoms with E-state index in [1.165, 1.54) is 27.7 Å². The number of ether oxygens (including phenoxy) is 4. The van der Waals surface area contributed by atoms with Crippen molar-refractivity contribution in [1.29, 1.82) is 0 Å². The number of rotatable bonds is 42. The molecule has 0 radical (unpaired) electrons. The quantitative estimate of drug-likeness (QED) is 0.0204. The summed E-state index contributed by atoms with van der Waals surface area (Å²) in [5.74, 6) is -10.1. The first-order valence-electron chi connectivity index (χ1n) is 30.0. The van der Waals surface area contributed by atoms with Gasteiger partial charge in [-0.2, -0.15) is 0 Å². The average Bonchev–Trinajstić information content (AvgIpc) is 1.61. The van der Waals surface area contributed by atoms with Gasteiger partial charge in [0.1, 0.15) is 54.7 Å². The Morgan fingerprint density at radius 1 is 0.571 bits per heavy atom. The molecule has 12 amide bonds. The summed E-state index contributed by atoms with van der Waals surface area (Å²) in [4.78, 5) is 174. The van der Waals surface area contributed by atoms with Crippen molar-refractivity contribution in [2.45, 2.75) is 143 Å². The summed E-state index contributed by atoms with van der Waals surface area (Å²) in [7, 11) is 1.56. The summed E-state index contributed by atoms with van der Waals surface area (Å²) in [6, 6.07) is 3.59. The second kappa shape index (κ2) is 39.8. The van der Waals surface area contributed by atoms with E-state index in [0.717, 1.165) is 0 Å². The lowest BCUT2D eigenvalue weighted by Crippen LogP contribution is -2.57. The first-order valence-corrected chi connectivity index (χ1v) is 30.0. The van der Waals surface area contributed by atoms with E-state index in [4.69, 9.17) is 30.4 Å². The van der Waals surface area contributed by atoms with Crippen molar-refractivity contribution in [1.82, 2.24) is 62.7 Å². The van der Waals surface area contributed by atoms with Gasteiger partial charge < -0.3 is 83.6 Å². The normalized spacial score (nSPS) is 13.7. The molecule has 31 heteroatoms. The standard InChI is InChI=1S/C60H90N14O17/c1-10-35(4)53(70-39(8)75)60(87)69-38(7)56(83)72-42(18-20-47(61)76)57(84)64-33-51(79)71-43(29-34(2)3)58(85)65-32-50(78)68-37(6)55(82)73-44(59(86)66-31-49(77)67-36(5)54(62)81)30-41-40-15-11-12-16-45(40)74(48-17-13-14-22-63-48)46(41)19-21-52(80)91-28-27-90-26-25-89-24-23-88-9/h11-17,22,34-38,42-44,53H,10,18-21,23-33H2,1-9H3,(H2,61,76)(H2,62,81)(H,64,84)(H,65,85)(H,66,86)(H,67,77)(H,68,78)(H,69,87)(H,70,75)(H,71,79)(H,72,83)(H,73,82)/t35?,36-,37-,38-,42-,43-,44-,53-/m0/s1. The van der Waals surface area contributed by atoms with Crippen LogP contribution in [0.5, 0.6) is 0 Å². The number of primary amides is 2. The number of amides is 12. The molecule has 0 bridgehead atoms. The van der Waals surface area contributed by atoms with Crippen LogP contribution in [0.1, 0.15) is 98.8 Å². The molecule has 0 spiro atoms. The number of methoxy groups -OCH3 is 1. The van der Waals surface area contributed by atoms with Crippen molar-refractivity contribution >= 4 is 87.8 Å². The first-order chi connectivity index (χ1) is 43.2. The summed E-state index contributed by atoms with van der Waals surface area (Å²) in [5, 5.41) is 25.4. The van der Waals surface area contributed by atoms with Gasteiger partial charge in [0.2, 0.25) is 70.9 Å². The van der Waals surface area contributed by atoms with E-state index in [9.17, 15) is 62.3 Å². The van der Waals surface area contributed by atoms with Crippen molar-refractivity contribution in [3.8, 4) is 5.82 Å². The Morgan fingerprint density at radius 2 is 1.11 bits per heavy atom. The van der Waals surface area contributed by atoms with Crippen LogP contribution in [0.3, 0.4) is 0 Å². The largest absolute Gasteiger partial charge is 0.463 e. The predicted octanol–water partition coefficient (Wildman–Crippen LogP) is -2.61. The van der Waals surface area contributed by atoms with E-state index in [0.29, 0.717) is 54.2 Å². The maximum atomic E-state index is 14.2. The Kier molecular flexibility index (Phi) is 33.3. The van der Waals surface area contributed by atoms with Crippen LogP contribution < -0.4 is 64.6 Å². The van der Waals surface area contributed by atoms with E-state index in [1.54, 1.807) is 70.5 Å². The third kappa shape index (κ3) is 27.3. The van der Waals surface area contributed by atoms with Crippen LogP contribution in [0, 0.1) is 11.8 Å². The Morgan fingerprint density at radius 3 is 1.67 bits per heavy atom. The van der Waals surface area contributed by atoms with E-state index in [1.807, 2.05) is 17.6 Å². The summed E-state index contributed by atoms with van der Waals surface area (Å²) < 4.78 is 23.1. The number of benzene rings is 1. The minimum atomic E-state index is -1.48. The number of nitrogens with one attached hydrogen (secondary N) is 10. The second-order valence-corrected chi connectivity index (χ2v) is 21.9. The number of fused-ring (bicyclic) bond motifs is 1. The third-order valence-electron chi connectivity index (χ3n) is 14.0. The first kappa shape index (κ1) is 76.1.